The zero-order valence-electron chi connectivity index (χ0n) is 13.8. The molecule has 0 bridgehead atoms. The van der Waals surface area contributed by atoms with Gasteiger partial charge in [0.25, 0.3) is 11.8 Å². The van der Waals surface area contributed by atoms with Gasteiger partial charge in [-0.05, 0) is 48.5 Å². The number of anilines is 1. The van der Waals surface area contributed by atoms with Crippen molar-refractivity contribution in [2.75, 3.05) is 5.32 Å². The third kappa shape index (κ3) is 4.68. The molecule has 0 fully saturated rings. The van der Waals surface area contributed by atoms with Gasteiger partial charge in [0.2, 0.25) is 0 Å². The minimum atomic E-state index is -0.313. The van der Waals surface area contributed by atoms with Crippen LogP contribution in [-0.4, -0.2) is 16.8 Å². The number of halogens is 1. The maximum atomic E-state index is 12.4. The summed E-state index contributed by atoms with van der Waals surface area (Å²) in [6.45, 7) is 0.318. The largest absolute Gasteiger partial charge is 0.346 e. The number of carbonyl (C=O) groups is 2. The molecule has 0 saturated carbocycles. The molecule has 6 heteroatoms. The second-order valence-electron chi connectivity index (χ2n) is 5.55. The number of nitrogens with zero attached hydrogens (tertiary/aromatic N) is 1. The van der Waals surface area contributed by atoms with Gasteiger partial charge in [-0.15, -0.1) is 0 Å². The summed E-state index contributed by atoms with van der Waals surface area (Å²) in [5.74, 6) is -0.584. The molecule has 0 aliphatic heterocycles. The maximum Gasteiger partial charge on any atom is 0.255 e. The van der Waals surface area contributed by atoms with E-state index in [9.17, 15) is 9.59 Å². The van der Waals surface area contributed by atoms with Crippen molar-refractivity contribution in [1.82, 2.24) is 10.3 Å². The van der Waals surface area contributed by atoms with Gasteiger partial charge in [0.05, 0.1) is 12.2 Å². The van der Waals surface area contributed by atoms with E-state index < -0.39 is 0 Å². The van der Waals surface area contributed by atoms with Crippen molar-refractivity contribution in [1.29, 1.82) is 0 Å². The molecule has 3 rings (SSSR count). The number of hydrogen-bond donors (Lipinski definition) is 2. The van der Waals surface area contributed by atoms with Crippen molar-refractivity contribution in [2.24, 2.45) is 0 Å². The summed E-state index contributed by atoms with van der Waals surface area (Å²) in [5, 5.41) is 6.08. The number of aromatic nitrogens is 1. The van der Waals surface area contributed by atoms with Crippen LogP contribution in [-0.2, 0) is 6.54 Å². The number of hydrogen-bond acceptors (Lipinski definition) is 3. The second-order valence-corrected chi connectivity index (χ2v) is 5.99. The molecule has 5 nitrogen and oxygen atoms in total. The van der Waals surface area contributed by atoms with Crippen LogP contribution in [0.2, 0.25) is 5.02 Å². The molecule has 0 radical (unpaired) electrons. The molecule has 2 N–H and O–H groups in total. The third-order valence-corrected chi connectivity index (χ3v) is 3.86. The second kappa shape index (κ2) is 8.27. The maximum absolute atomic E-state index is 12.4. The Balaban J connectivity index is 1.67. The number of pyridine rings is 1. The van der Waals surface area contributed by atoms with Crippen molar-refractivity contribution in [3.8, 4) is 0 Å². The first kappa shape index (κ1) is 17.6. The van der Waals surface area contributed by atoms with Crippen LogP contribution in [0.3, 0.4) is 0 Å². The fourth-order valence-electron chi connectivity index (χ4n) is 2.35. The third-order valence-electron chi connectivity index (χ3n) is 3.63. The van der Waals surface area contributed by atoms with Crippen LogP contribution < -0.4 is 10.6 Å². The van der Waals surface area contributed by atoms with Crippen LogP contribution >= 0.6 is 11.6 Å². The summed E-state index contributed by atoms with van der Waals surface area (Å²) in [4.78, 5) is 28.8. The van der Waals surface area contributed by atoms with Gasteiger partial charge in [-0.25, -0.2) is 0 Å². The lowest BCUT2D eigenvalue weighted by molar-refractivity contribution is 0.0950. The Hall–Kier alpha value is -3.18. The Kier molecular flexibility index (Phi) is 5.61. The van der Waals surface area contributed by atoms with Crippen LogP contribution in [0.25, 0.3) is 0 Å². The fourth-order valence-corrected chi connectivity index (χ4v) is 2.54. The Morgan fingerprint density at radius 1 is 0.885 bits per heavy atom. The van der Waals surface area contributed by atoms with E-state index >= 15 is 0 Å². The highest BCUT2D eigenvalue weighted by molar-refractivity contribution is 6.31. The highest BCUT2D eigenvalue weighted by atomic mass is 35.5. The standard InChI is InChI=1S/C20H16ClN3O2/c21-16-7-4-9-17(12-16)24-20(26)15-6-3-5-14(11-15)19(25)23-13-18-8-1-2-10-22-18/h1-12H,13H2,(H,23,25)(H,24,26). The zero-order valence-corrected chi connectivity index (χ0v) is 14.5. The molecular formula is C20H16ClN3O2. The molecule has 0 aliphatic carbocycles. The van der Waals surface area contributed by atoms with E-state index in [0.29, 0.717) is 28.4 Å². The molecule has 2 amide bonds. The average Bonchev–Trinajstić information content (AvgIpc) is 2.67. The minimum absolute atomic E-state index is 0.270. The van der Waals surface area contributed by atoms with E-state index in [1.165, 1.54) is 0 Å². The molecule has 0 aliphatic rings. The van der Waals surface area contributed by atoms with Crippen LogP contribution in [0.4, 0.5) is 5.69 Å². The van der Waals surface area contributed by atoms with E-state index in [0.717, 1.165) is 5.69 Å². The molecule has 1 heterocycles. The van der Waals surface area contributed by atoms with Gasteiger partial charge in [0.1, 0.15) is 0 Å². The SMILES string of the molecule is O=C(NCc1ccccn1)c1cccc(C(=O)Nc2cccc(Cl)c2)c1. The molecule has 26 heavy (non-hydrogen) atoms. The van der Waals surface area contributed by atoms with Crippen molar-refractivity contribution in [3.63, 3.8) is 0 Å². The van der Waals surface area contributed by atoms with Crippen molar-refractivity contribution in [2.45, 2.75) is 6.54 Å². The van der Waals surface area contributed by atoms with E-state index in [4.69, 9.17) is 11.6 Å². The van der Waals surface area contributed by atoms with Crippen LogP contribution in [0.5, 0.6) is 0 Å². The van der Waals surface area contributed by atoms with E-state index in [1.807, 2.05) is 18.2 Å². The Morgan fingerprint density at radius 2 is 1.65 bits per heavy atom. The Labute approximate surface area is 156 Å². The summed E-state index contributed by atoms with van der Waals surface area (Å²) < 4.78 is 0. The van der Waals surface area contributed by atoms with E-state index in [2.05, 4.69) is 15.6 Å². The smallest absolute Gasteiger partial charge is 0.255 e. The van der Waals surface area contributed by atoms with Crippen molar-refractivity contribution >= 4 is 29.1 Å². The van der Waals surface area contributed by atoms with Crippen molar-refractivity contribution < 1.29 is 9.59 Å². The van der Waals surface area contributed by atoms with Gasteiger partial charge in [0.15, 0.2) is 0 Å². The highest BCUT2D eigenvalue weighted by Crippen LogP contribution is 2.16. The Bertz CT molecular complexity index is 929. The molecular weight excluding hydrogens is 350 g/mol. The minimum Gasteiger partial charge on any atom is -0.346 e. The topological polar surface area (TPSA) is 71.1 Å². The molecule has 3 aromatic rings. The molecule has 0 spiro atoms. The quantitative estimate of drug-likeness (QED) is 0.720. The lowest BCUT2D eigenvalue weighted by atomic mass is 10.1. The zero-order chi connectivity index (χ0) is 18.4. The normalized spacial score (nSPS) is 10.2. The first-order valence-electron chi connectivity index (χ1n) is 7.97. The first-order valence-corrected chi connectivity index (χ1v) is 8.35. The molecule has 2 aromatic carbocycles. The molecule has 0 unspecified atom stereocenters. The Morgan fingerprint density at radius 3 is 2.38 bits per heavy atom. The highest BCUT2D eigenvalue weighted by Gasteiger charge is 2.11. The number of amides is 2. The van der Waals surface area contributed by atoms with Crippen LogP contribution in [0.1, 0.15) is 26.4 Å². The van der Waals surface area contributed by atoms with Gasteiger partial charge >= 0.3 is 0 Å². The van der Waals surface area contributed by atoms with Crippen LogP contribution in [0.15, 0.2) is 72.9 Å². The van der Waals surface area contributed by atoms with Gasteiger partial charge in [-0.3, -0.25) is 14.6 Å². The molecule has 0 atom stereocenters. The molecule has 130 valence electrons. The number of rotatable bonds is 5. The molecule has 1 aromatic heterocycles. The van der Waals surface area contributed by atoms with E-state index in [-0.39, 0.29) is 11.8 Å². The van der Waals surface area contributed by atoms with E-state index in [1.54, 1.807) is 54.7 Å². The van der Waals surface area contributed by atoms with Gasteiger partial charge in [-0.2, -0.15) is 0 Å². The lowest BCUT2D eigenvalue weighted by Gasteiger charge is -2.08. The van der Waals surface area contributed by atoms with Crippen LogP contribution in [0, 0.1) is 0 Å². The summed E-state index contributed by atoms with van der Waals surface area (Å²) in [6.07, 6.45) is 1.67. The summed E-state index contributed by atoms with van der Waals surface area (Å²) >= 11 is 5.92. The van der Waals surface area contributed by atoms with Gasteiger partial charge in [0, 0.05) is 28.0 Å². The van der Waals surface area contributed by atoms with Gasteiger partial charge in [-0.1, -0.05) is 29.8 Å². The summed E-state index contributed by atoms with van der Waals surface area (Å²) in [7, 11) is 0. The summed E-state index contributed by atoms with van der Waals surface area (Å²) in [5.41, 5.74) is 2.14. The first-order chi connectivity index (χ1) is 12.6. The molecule has 0 saturated heterocycles. The number of carbonyl (C=O) groups excluding carboxylic acids is 2. The van der Waals surface area contributed by atoms with Crippen molar-refractivity contribution in [3.05, 3.63) is 94.8 Å². The lowest BCUT2D eigenvalue weighted by Crippen LogP contribution is -2.23. The predicted octanol–water partition coefficient (Wildman–Crippen LogP) is 3.92. The van der Waals surface area contributed by atoms with Gasteiger partial charge < -0.3 is 10.6 Å². The number of nitrogens with one attached hydrogen (secondary N) is 2. The number of benzene rings is 2. The summed E-state index contributed by atoms with van der Waals surface area (Å²) in [6, 6.07) is 18.9. The fraction of sp³-hybridized carbons (Fsp3) is 0.0500. The monoisotopic (exact) mass is 365 g/mol. The predicted molar refractivity (Wildman–Crippen MR) is 101 cm³/mol. The average molecular weight is 366 g/mol.